The van der Waals surface area contributed by atoms with Gasteiger partial charge in [0, 0.05) is 0 Å². The van der Waals surface area contributed by atoms with Gasteiger partial charge in [-0.3, -0.25) is 0 Å². The van der Waals surface area contributed by atoms with E-state index in [0.29, 0.717) is 0 Å². The number of hydrogen-bond donors (Lipinski definition) is 1. The van der Waals surface area contributed by atoms with Crippen molar-refractivity contribution in [3.63, 3.8) is 0 Å². The first-order valence-electron chi connectivity index (χ1n) is 0.756. The normalized spacial score (nSPS) is 20.2. The molecule has 8 heteroatoms. The Balaban J connectivity index is 0. The first-order chi connectivity index (χ1) is 2.45. The van der Waals surface area contributed by atoms with Crippen LogP contribution in [-0.4, -0.2) is 0 Å². The van der Waals surface area contributed by atoms with Crippen LogP contribution in [0.2, 0.25) is 0 Å². The van der Waals surface area contributed by atoms with Gasteiger partial charge in [0.25, 0.3) is 0 Å². The van der Waals surface area contributed by atoms with Gasteiger partial charge in [-0.25, -0.2) is 0 Å². The van der Waals surface area contributed by atoms with E-state index < -0.39 is -8.61 Å². The molecule has 0 radical (unpaired) electrons. The Labute approximate surface area is 111 Å². The first-order valence-corrected chi connectivity index (χ1v) is 41.5. The van der Waals surface area contributed by atoms with Crippen LogP contribution >= 0.6 is 118 Å². The van der Waals surface area contributed by atoms with E-state index in [1.54, 1.807) is 0 Å². The van der Waals surface area contributed by atoms with Gasteiger partial charge in [-0.05, 0) is 0 Å². The molecule has 0 saturated carbocycles. The maximum absolute atomic E-state index is 2.57. The predicted octanol–water partition coefficient (Wildman–Crippen LogP) is 5.69. The molecular formula is H4I6IrN+. The van der Waals surface area contributed by atoms with Crippen LogP contribution < -0.4 is 6.15 Å². The molecule has 0 bridgehead atoms. The number of quaternary nitrogens is 1. The van der Waals surface area contributed by atoms with Gasteiger partial charge in [-0.15, -0.1) is 0 Å². The second kappa shape index (κ2) is 3.62. The van der Waals surface area contributed by atoms with Crippen molar-refractivity contribution in [3.05, 3.63) is 0 Å². The summed E-state index contributed by atoms with van der Waals surface area (Å²) < 4.78 is -2.35. The standard InChI is InChI=1S/6HI.Ir.H3N/h6*1H;;1H3/q;;;;;;+6;/p-5. The summed E-state index contributed by atoms with van der Waals surface area (Å²) in [6.45, 7) is 0. The molecule has 1 nitrogen and oxygen atoms in total. The Kier molecular flexibility index (Phi) is 7.00. The molecule has 0 aromatic heterocycles. The van der Waals surface area contributed by atoms with Crippen molar-refractivity contribution in [1.82, 2.24) is 6.15 Å². The molecule has 0 saturated heterocycles. The van der Waals surface area contributed by atoms with Crippen LogP contribution in [0.1, 0.15) is 0 Å². The molecule has 0 aliphatic rings. The quantitative estimate of drug-likeness (QED) is 0.304. The predicted molar refractivity (Wildman–Crippen MR) is 90.1 cm³/mol. The number of rotatable bonds is 0. The summed E-state index contributed by atoms with van der Waals surface area (Å²) >= 11 is 15.4. The van der Waals surface area contributed by atoms with Crippen molar-refractivity contribution in [2.45, 2.75) is 0 Å². The molecule has 59 valence electrons. The van der Waals surface area contributed by atoms with Crippen molar-refractivity contribution in [1.29, 1.82) is 0 Å². The van der Waals surface area contributed by atoms with Gasteiger partial charge in [0.1, 0.15) is 0 Å². The van der Waals surface area contributed by atoms with Crippen molar-refractivity contribution in [2.24, 2.45) is 0 Å². The van der Waals surface area contributed by atoms with E-state index in [0.717, 1.165) is 0 Å². The first kappa shape index (κ1) is 15.5. The number of hydrogen-bond acceptors (Lipinski definition) is 0. The average Bonchev–Trinajstić information content (AvgIpc) is 0.592. The van der Waals surface area contributed by atoms with Crippen LogP contribution in [0.4, 0.5) is 0 Å². The van der Waals surface area contributed by atoms with Gasteiger partial charge in [0.05, 0.1) is 0 Å². The Morgan fingerprint density at radius 2 is 0.625 bits per heavy atom. The molecule has 0 rings (SSSR count). The SMILES string of the molecule is [I][Ir]([I])([I])([I])([I])[I].[NH4+]. The largest absolute Gasteiger partial charge is 0.369 e. The Morgan fingerprint density at radius 3 is 0.625 bits per heavy atom. The number of halogens is 6. The molecule has 0 aliphatic carbocycles. The van der Waals surface area contributed by atoms with Crippen LogP contribution in [-0.2, 0) is -8.61 Å². The summed E-state index contributed by atoms with van der Waals surface area (Å²) in [7, 11) is 0. The fraction of sp³-hybridized carbons (Fsp3) is 0. The monoisotopic (exact) mass is 972 g/mol. The van der Waals surface area contributed by atoms with E-state index >= 15 is 0 Å². The topological polar surface area (TPSA) is 36.5 Å². The fourth-order valence-corrected chi connectivity index (χ4v) is 0. The van der Waals surface area contributed by atoms with E-state index in [1.165, 1.54) is 0 Å². The zero-order chi connectivity index (χ0) is 6.41. The summed E-state index contributed by atoms with van der Waals surface area (Å²) in [5.41, 5.74) is 0. The average molecular weight is 972 g/mol. The molecule has 0 aromatic rings. The minimum absolute atomic E-state index is 0. The van der Waals surface area contributed by atoms with E-state index in [-0.39, 0.29) is 6.15 Å². The van der Waals surface area contributed by atoms with Crippen LogP contribution in [0.15, 0.2) is 0 Å². The Morgan fingerprint density at radius 1 is 0.625 bits per heavy atom. The maximum atomic E-state index is 2.57. The van der Waals surface area contributed by atoms with Crippen molar-refractivity contribution in [3.8, 4) is 0 Å². The summed E-state index contributed by atoms with van der Waals surface area (Å²) in [6.07, 6.45) is 0. The van der Waals surface area contributed by atoms with E-state index in [1.807, 2.05) is 0 Å². The van der Waals surface area contributed by atoms with Gasteiger partial charge in [-0.2, -0.15) is 0 Å². The molecule has 0 aromatic carbocycles. The van der Waals surface area contributed by atoms with Gasteiger partial charge in [0.2, 0.25) is 0 Å². The molecule has 0 aliphatic heterocycles. The molecule has 0 spiro atoms. The second-order valence-corrected chi connectivity index (χ2v) is 263. The molecule has 8 heavy (non-hydrogen) atoms. The summed E-state index contributed by atoms with van der Waals surface area (Å²) in [5, 5.41) is 0. The Hall–Kier alpha value is 4.99. The molecule has 0 amide bonds. The van der Waals surface area contributed by atoms with E-state index in [9.17, 15) is 0 Å². The van der Waals surface area contributed by atoms with Crippen LogP contribution in [0.3, 0.4) is 0 Å². The Bertz CT molecular complexity index is 67.1. The fourth-order valence-electron chi connectivity index (χ4n) is 0. The zero-order valence-electron chi connectivity index (χ0n) is 3.60. The van der Waals surface area contributed by atoms with E-state index in [4.69, 9.17) is 0 Å². The van der Waals surface area contributed by atoms with Crippen LogP contribution in [0.25, 0.3) is 0 Å². The van der Waals surface area contributed by atoms with Gasteiger partial charge >= 0.3 is 109 Å². The van der Waals surface area contributed by atoms with Crippen molar-refractivity contribution < 1.29 is -8.61 Å². The molecular weight excluding hydrogens is 968 g/mol. The van der Waals surface area contributed by atoms with Gasteiger partial charge in [-0.1, -0.05) is 0 Å². The minimum Gasteiger partial charge on any atom is -0.369 e. The molecule has 0 fully saturated rings. The molecule has 0 heterocycles. The van der Waals surface area contributed by atoms with Crippen LogP contribution in [0.5, 0.6) is 0 Å². The van der Waals surface area contributed by atoms with Crippen molar-refractivity contribution in [2.75, 3.05) is 0 Å². The van der Waals surface area contributed by atoms with E-state index in [2.05, 4.69) is 118 Å². The van der Waals surface area contributed by atoms with Gasteiger partial charge in [0.15, 0.2) is 0 Å². The summed E-state index contributed by atoms with van der Waals surface area (Å²) in [4.78, 5) is 0. The molecule has 4 N–H and O–H groups in total. The maximum Gasteiger partial charge on any atom is -0.369 e. The van der Waals surface area contributed by atoms with Crippen molar-refractivity contribution >= 4 is 118 Å². The zero-order valence-corrected chi connectivity index (χ0v) is 18.9. The molecule has 0 atom stereocenters. The third kappa shape index (κ3) is 44.1. The molecule has 0 unspecified atom stereocenters. The second-order valence-electron chi connectivity index (χ2n) is 0.714. The minimum atomic E-state index is -2.35. The summed E-state index contributed by atoms with van der Waals surface area (Å²) in [6, 6.07) is 0. The third-order valence-electron chi connectivity index (χ3n) is 0. The van der Waals surface area contributed by atoms with Crippen LogP contribution in [0, 0.1) is 0 Å². The smallest absolute Gasteiger partial charge is 0.369 e. The third-order valence-corrected chi connectivity index (χ3v) is 0. The summed E-state index contributed by atoms with van der Waals surface area (Å²) in [5.74, 6) is 0. The van der Waals surface area contributed by atoms with Gasteiger partial charge < -0.3 is 6.15 Å².